The fraction of sp³-hybridized carbons (Fsp3) is 1.00. The molecule has 0 bridgehead atoms. The van der Waals surface area contributed by atoms with Crippen LogP contribution in [0.1, 0.15) is 59.8 Å². The van der Waals surface area contributed by atoms with Crippen LogP contribution in [-0.4, -0.2) is 36.6 Å². The highest BCUT2D eigenvalue weighted by Gasteiger charge is 2.30. The van der Waals surface area contributed by atoms with Gasteiger partial charge in [0.15, 0.2) is 0 Å². The van der Waals surface area contributed by atoms with Crippen molar-refractivity contribution in [3.8, 4) is 0 Å². The highest BCUT2D eigenvalue weighted by Crippen LogP contribution is 2.29. The molecule has 2 rings (SSSR count). The van der Waals surface area contributed by atoms with Crippen LogP contribution in [0.2, 0.25) is 0 Å². The lowest BCUT2D eigenvalue weighted by molar-refractivity contribution is 0.152. The maximum Gasteiger partial charge on any atom is 0.0243 e. The molecule has 0 aromatic heterocycles. The van der Waals surface area contributed by atoms with E-state index >= 15 is 0 Å². The zero-order chi connectivity index (χ0) is 13.8. The third-order valence-electron chi connectivity index (χ3n) is 5.49. The van der Waals surface area contributed by atoms with E-state index in [4.69, 9.17) is 0 Å². The van der Waals surface area contributed by atoms with Crippen molar-refractivity contribution in [2.75, 3.05) is 19.6 Å². The molecule has 1 aliphatic heterocycles. The molecule has 2 aliphatic rings. The smallest absolute Gasteiger partial charge is 0.0243 e. The predicted molar refractivity (Wildman–Crippen MR) is 83.4 cm³/mol. The molecule has 1 heterocycles. The molecule has 0 aromatic rings. The first-order chi connectivity index (χ1) is 9.09. The van der Waals surface area contributed by atoms with Crippen molar-refractivity contribution >= 4 is 0 Å². The lowest BCUT2D eigenvalue weighted by atomic mass is 9.78. The summed E-state index contributed by atoms with van der Waals surface area (Å²) in [5.41, 5.74) is 0. The summed E-state index contributed by atoms with van der Waals surface area (Å²) in [5.74, 6) is 2.48. The van der Waals surface area contributed by atoms with Crippen molar-refractivity contribution in [1.29, 1.82) is 0 Å². The second-order valence-electron chi connectivity index (χ2n) is 7.37. The molecule has 0 radical (unpaired) electrons. The summed E-state index contributed by atoms with van der Waals surface area (Å²) in [7, 11) is 0. The van der Waals surface area contributed by atoms with Crippen molar-refractivity contribution in [3.05, 3.63) is 0 Å². The molecular weight excluding hydrogens is 232 g/mol. The molecule has 2 fully saturated rings. The van der Waals surface area contributed by atoms with Gasteiger partial charge < -0.3 is 5.32 Å². The van der Waals surface area contributed by atoms with Gasteiger partial charge in [-0.15, -0.1) is 0 Å². The summed E-state index contributed by atoms with van der Waals surface area (Å²) in [5, 5.41) is 3.94. The Hall–Kier alpha value is -0.0800. The van der Waals surface area contributed by atoms with Crippen molar-refractivity contribution in [2.45, 2.75) is 71.9 Å². The van der Waals surface area contributed by atoms with E-state index in [0.717, 1.165) is 29.8 Å². The Labute approximate surface area is 120 Å². The van der Waals surface area contributed by atoms with Crippen LogP contribution in [0.25, 0.3) is 0 Å². The van der Waals surface area contributed by atoms with Gasteiger partial charge in [0.2, 0.25) is 0 Å². The first-order valence-electron chi connectivity index (χ1n) is 8.57. The van der Waals surface area contributed by atoms with Gasteiger partial charge in [0.25, 0.3) is 0 Å². The van der Waals surface area contributed by atoms with Crippen LogP contribution in [0.5, 0.6) is 0 Å². The molecule has 112 valence electrons. The average molecular weight is 266 g/mol. The zero-order valence-corrected chi connectivity index (χ0v) is 13.5. The minimum atomic E-state index is 0.740. The van der Waals surface area contributed by atoms with E-state index in [2.05, 4.69) is 37.9 Å². The highest BCUT2D eigenvalue weighted by atomic mass is 15.2. The summed E-state index contributed by atoms with van der Waals surface area (Å²) in [4.78, 5) is 2.72. The summed E-state index contributed by atoms with van der Waals surface area (Å²) in [6.07, 6.45) is 7.06. The van der Waals surface area contributed by atoms with Gasteiger partial charge in [-0.2, -0.15) is 0 Å². The zero-order valence-electron chi connectivity index (χ0n) is 13.5. The van der Waals surface area contributed by atoms with E-state index in [0.29, 0.717) is 0 Å². The van der Waals surface area contributed by atoms with E-state index in [9.17, 15) is 0 Å². The minimum absolute atomic E-state index is 0.740. The van der Waals surface area contributed by atoms with E-state index in [1.54, 1.807) is 0 Å². The Bertz CT molecular complexity index is 248. The van der Waals surface area contributed by atoms with Crippen molar-refractivity contribution in [1.82, 2.24) is 10.2 Å². The van der Waals surface area contributed by atoms with Gasteiger partial charge >= 0.3 is 0 Å². The quantitative estimate of drug-likeness (QED) is 0.819. The topological polar surface area (TPSA) is 15.3 Å². The number of rotatable bonds is 5. The summed E-state index contributed by atoms with van der Waals surface area (Å²) < 4.78 is 0. The van der Waals surface area contributed by atoms with Gasteiger partial charge in [0.1, 0.15) is 0 Å². The molecule has 0 amide bonds. The number of nitrogens with one attached hydrogen (secondary N) is 1. The Morgan fingerprint density at radius 3 is 2.11 bits per heavy atom. The molecule has 1 saturated carbocycles. The highest BCUT2D eigenvalue weighted by molar-refractivity contribution is 4.87. The molecule has 3 unspecified atom stereocenters. The third-order valence-corrected chi connectivity index (χ3v) is 5.49. The molecule has 0 spiro atoms. The van der Waals surface area contributed by atoms with Crippen LogP contribution in [-0.2, 0) is 0 Å². The lowest BCUT2D eigenvalue weighted by Crippen LogP contribution is -2.50. The van der Waals surface area contributed by atoms with Crippen LogP contribution in [0, 0.1) is 17.8 Å². The number of nitrogens with zero attached hydrogens (tertiary/aromatic N) is 1. The monoisotopic (exact) mass is 266 g/mol. The maximum atomic E-state index is 3.94. The Morgan fingerprint density at radius 1 is 1.00 bits per heavy atom. The maximum absolute atomic E-state index is 3.94. The molecule has 1 aliphatic carbocycles. The van der Waals surface area contributed by atoms with E-state index in [1.807, 2.05) is 0 Å². The first kappa shape index (κ1) is 15.3. The number of hydrogen-bond donors (Lipinski definition) is 1. The molecule has 19 heavy (non-hydrogen) atoms. The van der Waals surface area contributed by atoms with Crippen LogP contribution in [0.3, 0.4) is 0 Å². The minimum Gasteiger partial charge on any atom is -0.312 e. The average Bonchev–Trinajstić information content (AvgIpc) is 2.86. The summed E-state index contributed by atoms with van der Waals surface area (Å²) >= 11 is 0. The van der Waals surface area contributed by atoms with Gasteiger partial charge in [-0.25, -0.2) is 0 Å². The van der Waals surface area contributed by atoms with Crippen molar-refractivity contribution in [2.24, 2.45) is 17.8 Å². The van der Waals surface area contributed by atoms with Gasteiger partial charge in [0, 0.05) is 18.6 Å². The molecule has 3 atom stereocenters. The second-order valence-corrected chi connectivity index (χ2v) is 7.37. The van der Waals surface area contributed by atoms with Crippen molar-refractivity contribution < 1.29 is 0 Å². The van der Waals surface area contributed by atoms with Crippen molar-refractivity contribution in [3.63, 3.8) is 0 Å². The molecule has 1 N–H and O–H groups in total. The van der Waals surface area contributed by atoms with Crippen LogP contribution >= 0.6 is 0 Å². The van der Waals surface area contributed by atoms with E-state index in [-0.39, 0.29) is 0 Å². The molecule has 2 heteroatoms. The van der Waals surface area contributed by atoms with Crippen LogP contribution in [0.15, 0.2) is 0 Å². The number of hydrogen-bond acceptors (Lipinski definition) is 2. The van der Waals surface area contributed by atoms with Gasteiger partial charge in [-0.05, 0) is 56.5 Å². The second kappa shape index (κ2) is 7.08. The molecule has 2 nitrogen and oxygen atoms in total. The Kier molecular flexibility index (Phi) is 5.70. The fourth-order valence-corrected chi connectivity index (χ4v) is 4.20. The van der Waals surface area contributed by atoms with E-state index < -0.39 is 0 Å². The normalized spacial score (nSPS) is 34.9. The summed E-state index contributed by atoms with van der Waals surface area (Å²) in [6.45, 7) is 13.5. The Morgan fingerprint density at radius 2 is 1.58 bits per heavy atom. The fourth-order valence-electron chi connectivity index (χ4n) is 4.20. The predicted octanol–water partition coefficient (Wildman–Crippen LogP) is 3.52. The van der Waals surface area contributed by atoms with Gasteiger partial charge in [-0.1, -0.05) is 34.1 Å². The van der Waals surface area contributed by atoms with Gasteiger partial charge in [0.05, 0.1) is 0 Å². The standard InChI is InChI=1S/C17H34N2/c1-13(2)16(19-10-5-6-11-19)12-18-17-14(3)8-7-9-15(17)4/h13-18H,5-12H2,1-4H3. The van der Waals surface area contributed by atoms with Gasteiger partial charge in [-0.3, -0.25) is 4.90 Å². The summed E-state index contributed by atoms with van der Waals surface area (Å²) in [6, 6.07) is 1.49. The first-order valence-corrected chi connectivity index (χ1v) is 8.57. The van der Waals surface area contributed by atoms with Crippen LogP contribution < -0.4 is 5.32 Å². The SMILES string of the molecule is CC(C)C(CNC1C(C)CCCC1C)N1CCCC1. The lowest BCUT2D eigenvalue weighted by Gasteiger charge is -2.38. The largest absolute Gasteiger partial charge is 0.312 e. The third kappa shape index (κ3) is 3.95. The van der Waals surface area contributed by atoms with Crippen LogP contribution in [0.4, 0.5) is 0 Å². The molecule has 1 saturated heterocycles. The Balaban J connectivity index is 1.86. The molecule has 0 aromatic carbocycles. The molecular formula is C17H34N2. The number of likely N-dealkylation sites (tertiary alicyclic amines) is 1. The van der Waals surface area contributed by atoms with E-state index in [1.165, 1.54) is 51.7 Å².